The Morgan fingerprint density at radius 1 is 1.37 bits per heavy atom. The molecular weight excluding hydrogens is 246 g/mol. The molecule has 1 aromatic rings. The van der Waals surface area contributed by atoms with Crippen molar-refractivity contribution in [2.75, 3.05) is 0 Å². The molecule has 0 spiro atoms. The van der Waals surface area contributed by atoms with Gasteiger partial charge in [-0.05, 0) is 30.5 Å². The van der Waals surface area contributed by atoms with Gasteiger partial charge in [0.1, 0.15) is 17.6 Å². The van der Waals surface area contributed by atoms with Crippen LogP contribution >= 0.6 is 0 Å². The first-order chi connectivity index (χ1) is 8.70. The summed E-state index contributed by atoms with van der Waals surface area (Å²) in [5, 5.41) is 11.6. The van der Waals surface area contributed by atoms with E-state index >= 15 is 0 Å². The van der Waals surface area contributed by atoms with Crippen LogP contribution in [0, 0.1) is 12.3 Å². The second-order valence-electron chi connectivity index (χ2n) is 5.43. The Labute approximate surface area is 112 Å². The van der Waals surface area contributed by atoms with Crippen LogP contribution in [0.5, 0.6) is 0 Å². The Balaban J connectivity index is 2.68. The Morgan fingerprint density at radius 2 is 2.00 bits per heavy atom. The van der Waals surface area contributed by atoms with E-state index in [-0.39, 0.29) is 0 Å². The molecule has 0 aliphatic heterocycles. The van der Waals surface area contributed by atoms with Gasteiger partial charge in [-0.3, -0.25) is 4.79 Å². The Hall–Kier alpha value is -2.04. The first-order valence-electron chi connectivity index (χ1n) is 5.98. The second-order valence-corrected chi connectivity index (χ2v) is 5.43. The topological polar surface area (TPSA) is 79.5 Å². The molecule has 0 saturated heterocycles. The lowest BCUT2D eigenvalue weighted by Gasteiger charge is -2.27. The van der Waals surface area contributed by atoms with Crippen LogP contribution in [0.4, 0.5) is 0 Å². The highest BCUT2D eigenvalue weighted by atomic mass is 16.4. The number of carbonyl (C=O) groups excluding carboxylic acids is 1. The van der Waals surface area contributed by atoms with Crippen molar-refractivity contribution in [2.45, 2.75) is 33.7 Å². The van der Waals surface area contributed by atoms with Gasteiger partial charge in [0.25, 0.3) is 0 Å². The van der Waals surface area contributed by atoms with E-state index in [9.17, 15) is 9.59 Å². The minimum Gasteiger partial charge on any atom is -0.480 e. The summed E-state index contributed by atoms with van der Waals surface area (Å²) in [6.07, 6.45) is 2.77. The summed E-state index contributed by atoms with van der Waals surface area (Å²) in [7, 11) is 0. The number of amides is 1. The van der Waals surface area contributed by atoms with Crippen molar-refractivity contribution >= 4 is 18.0 Å². The summed E-state index contributed by atoms with van der Waals surface area (Å²) < 4.78 is 5.27. The lowest BCUT2D eigenvalue weighted by atomic mass is 9.87. The van der Waals surface area contributed by atoms with Gasteiger partial charge in [-0.1, -0.05) is 20.8 Å². The fourth-order valence-corrected chi connectivity index (χ4v) is 1.54. The van der Waals surface area contributed by atoms with Crippen molar-refractivity contribution < 1.29 is 19.1 Å². The molecule has 5 heteroatoms. The van der Waals surface area contributed by atoms with E-state index in [0.717, 1.165) is 5.76 Å². The van der Waals surface area contributed by atoms with Gasteiger partial charge >= 0.3 is 5.97 Å². The van der Waals surface area contributed by atoms with Crippen molar-refractivity contribution in [2.24, 2.45) is 5.41 Å². The van der Waals surface area contributed by atoms with Crippen molar-refractivity contribution in [3.8, 4) is 0 Å². The normalized spacial score (nSPS) is 13.5. The number of furan rings is 1. The standard InChI is InChI=1S/C14H19NO4/c1-9-5-6-10(19-9)7-8-11(16)15-12(13(17)18)14(2,3)4/h5-8,12H,1-4H3,(H,15,16)(H,17,18)/b8-7+. The van der Waals surface area contributed by atoms with Gasteiger partial charge in [-0.2, -0.15) is 0 Å². The van der Waals surface area contributed by atoms with Crippen molar-refractivity contribution in [3.63, 3.8) is 0 Å². The number of carboxylic acid groups (broad SMARTS) is 1. The van der Waals surface area contributed by atoms with E-state index in [4.69, 9.17) is 9.52 Å². The molecule has 0 saturated carbocycles. The van der Waals surface area contributed by atoms with Crippen LogP contribution in [-0.4, -0.2) is 23.0 Å². The fourth-order valence-electron chi connectivity index (χ4n) is 1.54. The molecule has 1 unspecified atom stereocenters. The first kappa shape index (κ1) is 15.0. The van der Waals surface area contributed by atoms with Crippen LogP contribution in [0.3, 0.4) is 0 Å². The van der Waals surface area contributed by atoms with Gasteiger partial charge in [0, 0.05) is 6.08 Å². The van der Waals surface area contributed by atoms with E-state index < -0.39 is 23.3 Å². The highest BCUT2D eigenvalue weighted by Crippen LogP contribution is 2.19. The smallest absolute Gasteiger partial charge is 0.326 e. The molecule has 0 fully saturated rings. The predicted octanol–water partition coefficient (Wildman–Crippen LogP) is 2.22. The number of carbonyl (C=O) groups is 2. The third-order valence-electron chi connectivity index (χ3n) is 2.56. The lowest BCUT2D eigenvalue weighted by molar-refractivity contribution is -0.144. The molecule has 1 aromatic heterocycles. The maximum Gasteiger partial charge on any atom is 0.326 e. The van der Waals surface area contributed by atoms with Gasteiger partial charge < -0.3 is 14.8 Å². The number of aryl methyl sites for hydroxylation is 1. The van der Waals surface area contributed by atoms with Gasteiger partial charge in [-0.15, -0.1) is 0 Å². The molecule has 1 rings (SSSR count). The molecule has 0 aliphatic carbocycles. The summed E-state index contributed by atoms with van der Waals surface area (Å²) in [4.78, 5) is 22.8. The van der Waals surface area contributed by atoms with E-state index in [1.165, 1.54) is 12.2 Å². The maximum absolute atomic E-state index is 11.7. The Bertz CT molecular complexity index is 494. The van der Waals surface area contributed by atoms with E-state index in [2.05, 4.69) is 5.32 Å². The van der Waals surface area contributed by atoms with Gasteiger partial charge in [0.05, 0.1) is 0 Å². The Kier molecular flexibility index (Phi) is 4.53. The number of rotatable bonds is 4. The minimum atomic E-state index is -1.05. The van der Waals surface area contributed by atoms with Crippen LogP contribution in [0.25, 0.3) is 6.08 Å². The molecule has 1 atom stereocenters. The number of hydrogen-bond acceptors (Lipinski definition) is 3. The van der Waals surface area contributed by atoms with E-state index in [1.54, 1.807) is 39.8 Å². The van der Waals surface area contributed by atoms with Crippen molar-refractivity contribution in [3.05, 3.63) is 29.7 Å². The predicted molar refractivity (Wildman–Crippen MR) is 71.5 cm³/mol. The quantitative estimate of drug-likeness (QED) is 0.818. The highest BCUT2D eigenvalue weighted by molar-refractivity contribution is 5.94. The summed E-state index contributed by atoms with van der Waals surface area (Å²) in [6.45, 7) is 7.07. The molecule has 104 valence electrons. The number of hydrogen-bond donors (Lipinski definition) is 2. The molecule has 2 N–H and O–H groups in total. The monoisotopic (exact) mass is 265 g/mol. The zero-order valence-electron chi connectivity index (χ0n) is 11.6. The molecule has 19 heavy (non-hydrogen) atoms. The Morgan fingerprint density at radius 3 is 2.42 bits per heavy atom. The molecule has 0 radical (unpaired) electrons. The first-order valence-corrected chi connectivity index (χ1v) is 5.98. The average Bonchev–Trinajstić information content (AvgIpc) is 2.67. The highest BCUT2D eigenvalue weighted by Gasteiger charge is 2.31. The zero-order chi connectivity index (χ0) is 14.6. The molecular formula is C14H19NO4. The van der Waals surface area contributed by atoms with Gasteiger partial charge in [-0.25, -0.2) is 4.79 Å². The third kappa shape index (κ3) is 4.62. The third-order valence-corrected chi connectivity index (χ3v) is 2.56. The van der Waals surface area contributed by atoms with Gasteiger partial charge in [0.15, 0.2) is 0 Å². The van der Waals surface area contributed by atoms with Crippen LogP contribution in [0.1, 0.15) is 32.3 Å². The summed E-state index contributed by atoms with van der Waals surface area (Å²) in [5.41, 5.74) is -0.559. The number of carboxylic acids is 1. The zero-order valence-corrected chi connectivity index (χ0v) is 11.6. The maximum atomic E-state index is 11.7. The summed E-state index contributed by atoms with van der Waals surface area (Å²) >= 11 is 0. The second kappa shape index (κ2) is 5.73. The molecule has 1 amide bonds. The van der Waals surface area contributed by atoms with Crippen molar-refractivity contribution in [1.82, 2.24) is 5.32 Å². The lowest BCUT2D eigenvalue weighted by Crippen LogP contribution is -2.48. The summed E-state index contributed by atoms with van der Waals surface area (Å²) in [6, 6.07) is 2.58. The van der Waals surface area contributed by atoms with Crippen molar-refractivity contribution in [1.29, 1.82) is 0 Å². The van der Waals surface area contributed by atoms with Gasteiger partial charge in [0.2, 0.25) is 5.91 Å². The van der Waals surface area contributed by atoms with Crippen LogP contribution in [-0.2, 0) is 9.59 Å². The van der Waals surface area contributed by atoms with Crippen LogP contribution in [0.15, 0.2) is 22.6 Å². The van der Waals surface area contributed by atoms with Crippen LogP contribution in [0.2, 0.25) is 0 Å². The molecule has 0 bridgehead atoms. The van der Waals surface area contributed by atoms with Crippen LogP contribution < -0.4 is 5.32 Å². The van der Waals surface area contributed by atoms with E-state index in [1.807, 2.05) is 0 Å². The molecule has 0 aliphatic rings. The number of aliphatic carboxylic acids is 1. The fraction of sp³-hybridized carbons (Fsp3) is 0.429. The number of nitrogens with one attached hydrogen (secondary N) is 1. The molecule has 1 heterocycles. The SMILES string of the molecule is Cc1ccc(/C=C/C(=O)NC(C(=O)O)C(C)(C)C)o1. The average molecular weight is 265 g/mol. The van der Waals surface area contributed by atoms with E-state index in [0.29, 0.717) is 5.76 Å². The molecule has 0 aromatic carbocycles. The minimum absolute atomic E-state index is 0.462. The summed E-state index contributed by atoms with van der Waals surface area (Å²) in [5.74, 6) is -0.215. The molecule has 5 nitrogen and oxygen atoms in total. The largest absolute Gasteiger partial charge is 0.480 e.